The van der Waals surface area contributed by atoms with Crippen LogP contribution in [0.2, 0.25) is 0 Å². The zero-order valence-corrected chi connectivity index (χ0v) is 51.2. The van der Waals surface area contributed by atoms with Crippen LogP contribution in [-0.4, -0.2) is 69.4 Å². The number of nitrogens with one attached hydrogen (secondary N) is 1. The number of hydrogen-bond acceptors (Lipinski definition) is 7. The summed E-state index contributed by atoms with van der Waals surface area (Å²) in [5, 5.41) is 3.01. The number of esters is 1. The number of ether oxygens (including phenoxy) is 1. The first-order valence-corrected chi connectivity index (χ1v) is 32.2. The third-order valence-electron chi connectivity index (χ3n) is 12.7. The standard InChI is InChI=1S/C68H113N2O7P/c1-7-10-13-16-19-22-25-28-30-32-33-34-35-36-37-39-40-42-45-48-51-54-57-60-67(71)69-65(64-76-78(73,74)75-63-62-70(4,5)6)66(59-56-53-50-47-44-27-24-21-18-15-12-9-3)77-68(72)61-58-55-52-49-46-43-41-38-31-29-26-23-20-17-14-11-8-2/h10-11,13-14,17,19-20,22-23,26,28-31,33-34,36-38,41,43,46,56,59,65-66H,7-9,12,15-16,18,21,24-25,27,32,35,39-40,42,44-45,47-55,57-58,60-64H2,1-6H3,(H-,69,71,73,74)/b13-10-,14-11-,20-17+,22-19-,26-23+,30-28-,31-29-,34-33-,37-36-,41-38+,46-43+,59-56-. The molecule has 3 atom stereocenters. The second-order valence-corrected chi connectivity index (χ2v) is 22.7. The van der Waals surface area contributed by atoms with Gasteiger partial charge in [0.1, 0.15) is 19.3 Å². The van der Waals surface area contributed by atoms with Crippen molar-refractivity contribution in [1.82, 2.24) is 5.32 Å². The Bertz CT molecular complexity index is 1840. The van der Waals surface area contributed by atoms with E-state index in [0.29, 0.717) is 23.9 Å². The second kappa shape index (κ2) is 56.2. The number of likely N-dealkylation sites (N-methyl/N-ethyl adjacent to an activating group) is 1. The van der Waals surface area contributed by atoms with Crippen LogP contribution >= 0.6 is 7.82 Å². The van der Waals surface area contributed by atoms with Gasteiger partial charge in [-0.25, -0.2) is 0 Å². The summed E-state index contributed by atoms with van der Waals surface area (Å²) in [5.41, 5.74) is 0. The van der Waals surface area contributed by atoms with Crippen LogP contribution < -0.4 is 10.2 Å². The van der Waals surface area contributed by atoms with Gasteiger partial charge in [-0.1, -0.05) is 257 Å². The molecule has 3 unspecified atom stereocenters. The second-order valence-electron chi connectivity index (χ2n) is 21.2. The topological polar surface area (TPSA) is 114 Å². The lowest BCUT2D eigenvalue weighted by atomic mass is 10.0. The molecule has 0 aliphatic carbocycles. The number of amides is 1. The fraction of sp³-hybridized carbons (Fsp3) is 0.618. The van der Waals surface area contributed by atoms with E-state index in [1.165, 1.54) is 70.6 Å². The highest BCUT2D eigenvalue weighted by Crippen LogP contribution is 2.38. The number of phosphoric ester groups is 1. The Morgan fingerprint density at radius 2 is 0.885 bits per heavy atom. The number of carbonyl (C=O) groups is 2. The zero-order chi connectivity index (χ0) is 57.2. The molecular weight excluding hydrogens is 988 g/mol. The molecule has 0 radical (unpaired) electrons. The smallest absolute Gasteiger partial charge is 0.306 e. The molecule has 0 aliphatic rings. The monoisotopic (exact) mass is 1100 g/mol. The fourth-order valence-electron chi connectivity index (χ4n) is 7.99. The van der Waals surface area contributed by atoms with E-state index < -0.39 is 32.5 Å². The Kier molecular flexibility index (Phi) is 53.2. The maximum Gasteiger partial charge on any atom is 0.306 e. The van der Waals surface area contributed by atoms with Crippen molar-refractivity contribution in [2.75, 3.05) is 40.9 Å². The molecule has 1 amide bonds. The Balaban J connectivity index is 5.35. The maximum atomic E-state index is 13.5. The van der Waals surface area contributed by atoms with Crippen LogP contribution in [0.3, 0.4) is 0 Å². The molecule has 1 N–H and O–H groups in total. The van der Waals surface area contributed by atoms with Gasteiger partial charge < -0.3 is 28.5 Å². The van der Waals surface area contributed by atoms with E-state index >= 15 is 0 Å². The highest BCUT2D eigenvalue weighted by Gasteiger charge is 2.27. The van der Waals surface area contributed by atoms with Crippen LogP contribution in [0, 0.1) is 0 Å². The molecule has 0 saturated heterocycles. The summed E-state index contributed by atoms with van der Waals surface area (Å²) < 4.78 is 30.3. The van der Waals surface area contributed by atoms with Crippen molar-refractivity contribution >= 4 is 19.7 Å². The molecule has 78 heavy (non-hydrogen) atoms. The van der Waals surface area contributed by atoms with Gasteiger partial charge in [0.05, 0.1) is 33.8 Å². The Morgan fingerprint density at radius 1 is 0.474 bits per heavy atom. The predicted molar refractivity (Wildman–Crippen MR) is 334 cm³/mol. The van der Waals surface area contributed by atoms with E-state index in [2.05, 4.69) is 99.0 Å². The minimum atomic E-state index is -4.72. The molecule has 9 nitrogen and oxygen atoms in total. The number of allylic oxidation sites excluding steroid dienone is 23. The molecule has 0 aromatic carbocycles. The van der Waals surface area contributed by atoms with Crippen LogP contribution in [0.15, 0.2) is 146 Å². The van der Waals surface area contributed by atoms with E-state index in [-0.39, 0.29) is 25.4 Å². The average Bonchev–Trinajstić information content (AvgIpc) is 3.40. The van der Waals surface area contributed by atoms with Gasteiger partial charge in [0, 0.05) is 12.8 Å². The summed E-state index contributed by atoms with van der Waals surface area (Å²) in [4.78, 5) is 40.0. The van der Waals surface area contributed by atoms with E-state index in [0.717, 1.165) is 103 Å². The molecule has 0 rings (SSSR count). The Morgan fingerprint density at radius 3 is 1.40 bits per heavy atom. The molecule has 0 aliphatic heterocycles. The van der Waals surface area contributed by atoms with Crippen molar-refractivity contribution in [1.29, 1.82) is 0 Å². The van der Waals surface area contributed by atoms with Crippen molar-refractivity contribution in [3.63, 3.8) is 0 Å². The van der Waals surface area contributed by atoms with E-state index in [1.807, 2.05) is 94.1 Å². The first-order chi connectivity index (χ1) is 37.9. The molecule has 442 valence electrons. The van der Waals surface area contributed by atoms with Crippen molar-refractivity contribution in [2.45, 2.75) is 232 Å². The molecule has 0 bridgehead atoms. The van der Waals surface area contributed by atoms with E-state index in [4.69, 9.17) is 13.8 Å². The van der Waals surface area contributed by atoms with E-state index in [9.17, 15) is 19.0 Å². The third kappa shape index (κ3) is 56.6. The largest absolute Gasteiger partial charge is 0.756 e. The molecule has 0 saturated carbocycles. The number of carbonyl (C=O) groups excluding carboxylic acids is 2. The first-order valence-electron chi connectivity index (χ1n) is 30.7. The predicted octanol–water partition coefficient (Wildman–Crippen LogP) is 18.4. The first kappa shape index (κ1) is 73.9. The summed E-state index contributed by atoms with van der Waals surface area (Å²) in [6.45, 7) is 6.52. The number of quaternary nitrogens is 1. The van der Waals surface area contributed by atoms with Crippen LogP contribution in [-0.2, 0) is 27.9 Å². The van der Waals surface area contributed by atoms with Crippen molar-refractivity contribution in [3.8, 4) is 0 Å². The molecule has 0 aromatic heterocycles. The number of phosphoric acid groups is 1. The van der Waals surface area contributed by atoms with Gasteiger partial charge in [-0.05, 0) is 96.0 Å². The summed E-state index contributed by atoms with van der Waals surface area (Å²) in [7, 11) is 1.12. The molecule has 0 spiro atoms. The van der Waals surface area contributed by atoms with E-state index in [1.54, 1.807) is 0 Å². The minimum Gasteiger partial charge on any atom is -0.756 e. The van der Waals surface area contributed by atoms with Crippen molar-refractivity contribution in [3.05, 3.63) is 146 Å². The molecule has 0 aromatic rings. The molecule has 10 heteroatoms. The van der Waals surface area contributed by atoms with Gasteiger partial charge in [-0.2, -0.15) is 0 Å². The lowest BCUT2D eigenvalue weighted by molar-refractivity contribution is -0.870. The lowest BCUT2D eigenvalue weighted by Crippen LogP contribution is -2.47. The number of unbranched alkanes of at least 4 members (excludes halogenated alkanes) is 20. The summed E-state index contributed by atoms with van der Waals surface area (Å²) >= 11 is 0. The zero-order valence-electron chi connectivity index (χ0n) is 50.3. The number of rotatable bonds is 53. The van der Waals surface area contributed by atoms with Gasteiger partial charge >= 0.3 is 5.97 Å². The maximum absolute atomic E-state index is 13.5. The average molecular weight is 1100 g/mol. The van der Waals surface area contributed by atoms with Gasteiger partial charge in [0.15, 0.2) is 0 Å². The van der Waals surface area contributed by atoms with Crippen molar-refractivity contribution in [2.24, 2.45) is 0 Å². The van der Waals surface area contributed by atoms with Crippen LogP contribution in [0.5, 0.6) is 0 Å². The van der Waals surface area contributed by atoms with Crippen LogP contribution in [0.1, 0.15) is 220 Å². The lowest BCUT2D eigenvalue weighted by Gasteiger charge is -2.30. The highest BCUT2D eigenvalue weighted by molar-refractivity contribution is 7.45. The number of hydrogen-bond donors (Lipinski definition) is 1. The normalized spacial score (nSPS) is 14.7. The molecular formula is C68H113N2O7P. The quantitative estimate of drug-likeness (QED) is 0.0161. The third-order valence-corrected chi connectivity index (χ3v) is 13.6. The summed E-state index contributed by atoms with van der Waals surface area (Å²) in [6.07, 6.45) is 81.0. The van der Waals surface area contributed by atoms with Gasteiger partial charge in [-0.15, -0.1) is 0 Å². The van der Waals surface area contributed by atoms with Crippen LogP contribution in [0.4, 0.5) is 0 Å². The molecule has 0 heterocycles. The summed E-state index contributed by atoms with van der Waals surface area (Å²) in [6, 6.07) is -0.925. The van der Waals surface area contributed by atoms with Crippen molar-refractivity contribution < 1.29 is 37.3 Å². The highest BCUT2D eigenvalue weighted by atomic mass is 31.2. The molecule has 0 fully saturated rings. The Labute approximate surface area is 478 Å². The van der Waals surface area contributed by atoms with Crippen LogP contribution in [0.25, 0.3) is 0 Å². The Hall–Kier alpha value is -4.11. The number of nitrogens with zero attached hydrogens (tertiary/aromatic N) is 1. The fourth-order valence-corrected chi connectivity index (χ4v) is 8.71. The summed E-state index contributed by atoms with van der Waals surface area (Å²) in [5.74, 6) is -0.617. The van der Waals surface area contributed by atoms with Gasteiger partial charge in [-0.3, -0.25) is 14.2 Å². The minimum absolute atomic E-state index is 0.0413. The van der Waals surface area contributed by atoms with Gasteiger partial charge in [0.2, 0.25) is 5.91 Å². The van der Waals surface area contributed by atoms with Gasteiger partial charge in [0.25, 0.3) is 7.82 Å². The SMILES string of the molecule is CC\C=C/C=C/C=C/C=C\C=C\C=C\CCCCCC(=O)OC(/C=C\CCCCCCCCCCCC)C(COP(=O)([O-])OCC[N+](C)(C)C)NC(=O)CCCCCCCCC/C=C\C/C=C\C/C=C\C/C=C\C/C=C\CC.